The average molecular weight is 618 g/mol. The molecule has 0 bridgehead atoms. The molecule has 3 rings (SSSR count). The Morgan fingerprint density at radius 1 is 0.872 bits per heavy atom. The van der Waals surface area contributed by atoms with Crippen LogP contribution in [0.5, 0.6) is 0 Å². The van der Waals surface area contributed by atoms with Crippen molar-refractivity contribution in [2.45, 2.75) is 39.7 Å². The quantitative estimate of drug-likeness (QED) is 0.149. The van der Waals surface area contributed by atoms with E-state index >= 15 is 0 Å². The number of nitrogens with one attached hydrogen (secondary N) is 1. The van der Waals surface area contributed by atoms with E-state index in [0.29, 0.717) is 29.2 Å². The number of esters is 2. The monoisotopic (exact) mass is 616 g/mol. The summed E-state index contributed by atoms with van der Waals surface area (Å²) in [6, 6.07) is 4.58. The highest BCUT2D eigenvalue weighted by Gasteiger charge is 2.47. The summed E-state index contributed by atoms with van der Waals surface area (Å²) in [5.41, 5.74) is 0.137. The Kier molecular flexibility index (Phi) is 10.2. The van der Waals surface area contributed by atoms with E-state index in [9.17, 15) is 24.0 Å². The molecule has 0 fully saturated rings. The molecule has 0 radical (unpaired) electrons. The van der Waals surface area contributed by atoms with Gasteiger partial charge in [-0.05, 0) is 43.0 Å². The van der Waals surface area contributed by atoms with Crippen LogP contribution in [-0.4, -0.2) is 53.8 Å². The van der Waals surface area contributed by atoms with E-state index in [-0.39, 0.29) is 43.6 Å². The first-order valence-corrected chi connectivity index (χ1v) is 13.4. The lowest BCUT2D eigenvalue weighted by Gasteiger charge is -2.26. The van der Waals surface area contributed by atoms with Gasteiger partial charge in [0.05, 0.1) is 43.4 Å². The van der Waals surface area contributed by atoms with Gasteiger partial charge in [0.15, 0.2) is 6.61 Å². The minimum atomic E-state index is -1.37. The van der Waals surface area contributed by atoms with Crippen LogP contribution in [0.1, 0.15) is 64.7 Å². The third-order valence-corrected chi connectivity index (χ3v) is 7.40. The van der Waals surface area contributed by atoms with Gasteiger partial charge in [-0.15, -0.1) is 0 Å². The highest BCUT2D eigenvalue weighted by atomic mass is 35.5. The van der Waals surface area contributed by atoms with Crippen LogP contribution in [0.2, 0.25) is 20.1 Å². The Morgan fingerprint density at radius 2 is 1.41 bits per heavy atom. The number of carbonyl (C=O) groups is 5. The number of amides is 3. The van der Waals surface area contributed by atoms with Gasteiger partial charge >= 0.3 is 11.9 Å². The molecule has 1 aliphatic heterocycles. The van der Waals surface area contributed by atoms with Gasteiger partial charge in [0.2, 0.25) is 0 Å². The fraction of sp³-hybridized carbons (Fsp3) is 0.346. The van der Waals surface area contributed by atoms with Crippen LogP contribution in [-0.2, 0) is 19.1 Å². The second kappa shape index (κ2) is 13.0. The van der Waals surface area contributed by atoms with E-state index < -0.39 is 42.3 Å². The molecule has 0 spiro atoms. The first-order chi connectivity index (χ1) is 18.4. The normalized spacial score (nSPS) is 13.4. The van der Waals surface area contributed by atoms with Crippen molar-refractivity contribution in [1.29, 1.82) is 0 Å². The summed E-state index contributed by atoms with van der Waals surface area (Å²) in [5, 5.41) is 1.62. The van der Waals surface area contributed by atoms with Crippen molar-refractivity contribution in [3.05, 3.63) is 61.0 Å². The van der Waals surface area contributed by atoms with E-state index in [2.05, 4.69) is 5.32 Å². The Hall–Kier alpha value is -2.85. The van der Waals surface area contributed by atoms with Gasteiger partial charge in [0.25, 0.3) is 17.7 Å². The Labute approximate surface area is 244 Å². The van der Waals surface area contributed by atoms with Gasteiger partial charge in [-0.25, -0.2) is 9.59 Å². The Morgan fingerprint density at radius 3 is 1.90 bits per heavy atom. The summed E-state index contributed by atoms with van der Waals surface area (Å²) in [7, 11) is 0. The largest absolute Gasteiger partial charge is 0.462 e. The molecule has 0 aromatic heterocycles. The van der Waals surface area contributed by atoms with Crippen molar-refractivity contribution in [2.75, 3.05) is 18.5 Å². The summed E-state index contributed by atoms with van der Waals surface area (Å²) < 4.78 is 10.2. The zero-order valence-corrected chi connectivity index (χ0v) is 24.1. The second-order valence-electron chi connectivity index (χ2n) is 9.00. The maximum Gasteiger partial charge on any atom is 0.338 e. The Bertz CT molecular complexity index is 1280. The standard InChI is InChI=1S/C26H24Cl4N2O7/c1-4-9-38-25(36)13-5-7-14(8-6-13)31-16(33)11-39-26(37)15(10-12(2)3)32-23(34)17-18(24(32)35)20(28)22(30)21(29)19(17)27/h5-8,12,15H,4,9-11H2,1-3H3,(H,31,33)/t15-/m0/s1. The summed E-state index contributed by atoms with van der Waals surface area (Å²) in [5.74, 6) is -4.07. The maximum absolute atomic E-state index is 13.2. The van der Waals surface area contributed by atoms with Gasteiger partial charge in [-0.3, -0.25) is 19.3 Å². The van der Waals surface area contributed by atoms with Crippen molar-refractivity contribution in [2.24, 2.45) is 5.92 Å². The molecule has 1 N–H and O–H groups in total. The lowest BCUT2D eigenvalue weighted by molar-refractivity contribution is -0.151. The molecule has 3 amide bonds. The number of fused-ring (bicyclic) bond motifs is 1. The molecule has 2 aromatic rings. The fourth-order valence-electron chi connectivity index (χ4n) is 3.80. The first-order valence-electron chi connectivity index (χ1n) is 11.9. The van der Waals surface area contributed by atoms with E-state index in [1.807, 2.05) is 6.92 Å². The van der Waals surface area contributed by atoms with Crippen LogP contribution in [0, 0.1) is 5.92 Å². The fourth-order valence-corrected chi connectivity index (χ4v) is 4.82. The third-order valence-electron chi connectivity index (χ3n) is 5.60. The van der Waals surface area contributed by atoms with Crippen molar-refractivity contribution >= 4 is 81.8 Å². The van der Waals surface area contributed by atoms with Gasteiger partial charge in [0, 0.05) is 5.69 Å². The number of benzene rings is 2. The van der Waals surface area contributed by atoms with Gasteiger partial charge in [0.1, 0.15) is 6.04 Å². The minimum Gasteiger partial charge on any atom is -0.462 e. The third kappa shape index (κ3) is 6.66. The number of ether oxygens (including phenoxy) is 2. The SMILES string of the molecule is CCCOC(=O)c1ccc(NC(=O)COC(=O)[C@H](CC(C)C)N2C(=O)c3c(Cl)c(Cl)c(Cl)c(Cl)c3C2=O)cc1. The summed E-state index contributed by atoms with van der Waals surface area (Å²) in [4.78, 5) is 64.5. The molecule has 208 valence electrons. The number of hydrogen-bond donors (Lipinski definition) is 1. The summed E-state index contributed by atoms with van der Waals surface area (Å²) in [6.45, 7) is 5.03. The molecule has 0 saturated heterocycles. The van der Waals surface area contributed by atoms with E-state index in [4.69, 9.17) is 55.9 Å². The van der Waals surface area contributed by atoms with E-state index in [1.165, 1.54) is 24.3 Å². The predicted molar refractivity (Wildman–Crippen MR) is 147 cm³/mol. The predicted octanol–water partition coefficient (Wildman–Crippen LogP) is 6.06. The minimum absolute atomic E-state index is 0.0399. The molecule has 1 heterocycles. The van der Waals surface area contributed by atoms with Crippen LogP contribution in [0.4, 0.5) is 5.69 Å². The number of carbonyl (C=O) groups excluding carboxylic acids is 5. The second-order valence-corrected chi connectivity index (χ2v) is 10.5. The van der Waals surface area contributed by atoms with Crippen LogP contribution in [0.15, 0.2) is 24.3 Å². The molecule has 2 aromatic carbocycles. The van der Waals surface area contributed by atoms with Crippen molar-refractivity contribution in [3.63, 3.8) is 0 Å². The van der Waals surface area contributed by atoms with Crippen LogP contribution in [0.25, 0.3) is 0 Å². The van der Waals surface area contributed by atoms with Gasteiger partial charge < -0.3 is 14.8 Å². The number of hydrogen-bond acceptors (Lipinski definition) is 7. The zero-order valence-electron chi connectivity index (χ0n) is 21.1. The molecule has 0 aliphatic carbocycles. The number of rotatable bonds is 10. The molecule has 0 saturated carbocycles. The highest BCUT2D eigenvalue weighted by Crippen LogP contribution is 2.45. The average Bonchev–Trinajstić information content (AvgIpc) is 3.16. The molecule has 39 heavy (non-hydrogen) atoms. The topological polar surface area (TPSA) is 119 Å². The lowest BCUT2D eigenvalue weighted by Crippen LogP contribution is -2.47. The number of halogens is 4. The van der Waals surface area contributed by atoms with Crippen molar-refractivity contribution < 1.29 is 33.4 Å². The smallest absolute Gasteiger partial charge is 0.338 e. The molecule has 1 atom stereocenters. The molecule has 0 unspecified atom stereocenters. The number of anilines is 1. The lowest BCUT2D eigenvalue weighted by atomic mass is 10.0. The molecule has 1 aliphatic rings. The van der Waals surface area contributed by atoms with Gasteiger partial charge in [-0.1, -0.05) is 67.2 Å². The highest BCUT2D eigenvalue weighted by molar-refractivity contribution is 6.55. The van der Waals surface area contributed by atoms with Crippen LogP contribution in [0.3, 0.4) is 0 Å². The summed E-state index contributed by atoms with van der Waals surface area (Å²) >= 11 is 24.5. The van der Waals surface area contributed by atoms with Crippen molar-refractivity contribution in [1.82, 2.24) is 4.90 Å². The van der Waals surface area contributed by atoms with E-state index in [1.54, 1.807) is 13.8 Å². The van der Waals surface area contributed by atoms with Crippen molar-refractivity contribution in [3.8, 4) is 0 Å². The maximum atomic E-state index is 13.2. The molecular weight excluding hydrogens is 594 g/mol. The van der Waals surface area contributed by atoms with Gasteiger partial charge in [-0.2, -0.15) is 0 Å². The molecular formula is C26H24Cl4N2O7. The molecule has 9 nitrogen and oxygen atoms in total. The number of imide groups is 1. The number of nitrogens with zero attached hydrogens (tertiary/aromatic N) is 1. The zero-order chi connectivity index (χ0) is 29.0. The van der Waals surface area contributed by atoms with E-state index in [0.717, 1.165) is 0 Å². The summed E-state index contributed by atoms with van der Waals surface area (Å²) in [6.07, 6.45) is 0.728. The van der Waals surface area contributed by atoms with Crippen LogP contribution >= 0.6 is 46.4 Å². The van der Waals surface area contributed by atoms with Crippen LogP contribution < -0.4 is 5.32 Å². The first kappa shape index (κ1) is 30.7. The molecule has 13 heteroatoms. The Balaban J connectivity index is 1.71.